The summed E-state index contributed by atoms with van der Waals surface area (Å²) in [6, 6.07) is 5.63. The van der Waals surface area contributed by atoms with Crippen LogP contribution in [0.3, 0.4) is 0 Å². The van der Waals surface area contributed by atoms with E-state index < -0.39 is 0 Å². The quantitative estimate of drug-likeness (QED) is 0.812. The van der Waals surface area contributed by atoms with Crippen molar-refractivity contribution < 1.29 is 14.3 Å². The van der Waals surface area contributed by atoms with Crippen molar-refractivity contribution in [3.8, 4) is 29.2 Å². The third-order valence-corrected chi connectivity index (χ3v) is 5.69. The summed E-state index contributed by atoms with van der Waals surface area (Å²) in [6.45, 7) is 1.91. The molecule has 0 aromatic carbocycles. The van der Waals surface area contributed by atoms with Crippen molar-refractivity contribution in [2.45, 2.75) is 25.7 Å². The number of allylic oxidation sites excluding steroid dienone is 2. The summed E-state index contributed by atoms with van der Waals surface area (Å²) in [4.78, 5) is 26.0. The van der Waals surface area contributed by atoms with Gasteiger partial charge in [0.1, 0.15) is 6.07 Å². The van der Waals surface area contributed by atoms with Crippen molar-refractivity contribution in [1.82, 2.24) is 15.0 Å². The van der Waals surface area contributed by atoms with Gasteiger partial charge in [0.2, 0.25) is 11.8 Å². The van der Waals surface area contributed by atoms with Crippen LogP contribution in [0, 0.1) is 23.2 Å². The van der Waals surface area contributed by atoms with Crippen LogP contribution in [0.25, 0.3) is 11.4 Å². The highest BCUT2D eigenvalue weighted by molar-refractivity contribution is 6.01. The van der Waals surface area contributed by atoms with Gasteiger partial charge in [-0.1, -0.05) is 13.0 Å². The van der Waals surface area contributed by atoms with Gasteiger partial charge < -0.3 is 9.47 Å². The number of fused-ring (bicyclic) bond motifs is 3. The average Bonchev–Trinajstić information content (AvgIpc) is 2.75. The van der Waals surface area contributed by atoms with Gasteiger partial charge in [0, 0.05) is 35.2 Å². The molecule has 4 rings (SSSR count). The largest absolute Gasteiger partial charge is 0.481 e. The molecule has 3 atom stereocenters. The molecule has 3 unspecified atom stereocenters. The summed E-state index contributed by atoms with van der Waals surface area (Å²) in [5, 5.41) is 9.39. The SMILES string of the molecule is COc1cc(-c2nc(OC)c3c(n2)C2C=C(C#N)C(=O)C(C)C2CC3)ccn1. The number of methoxy groups -OCH3 is 2. The number of carbonyl (C=O) groups is 1. The molecule has 7 nitrogen and oxygen atoms in total. The Kier molecular flexibility index (Phi) is 4.55. The van der Waals surface area contributed by atoms with Gasteiger partial charge in [0.25, 0.3) is 0 Å². The second kappa shape index (κ2) is 7.04. The maximum Gasteiger partial charge on any atom is 0.220 e. The number of hydrogen-bond donors (Lipinski definition) is 0. The Bertz CT molecular complexity index is 1020. The molecule has 142 valence electrons. The monoisotopic (exact) mass is 376 g/mol. The molecule has 0 saturated carbocycles. The standard InChI is InChI=1S/C21H20N4O3/c1-11-14-4-5-15-18(16(14)8-13(10-22)19(11)26)24-20(25-21(15)28-3)12-6-7-23-17(9-12)27-2/h6-9,11,14,16H,4-5H2,1-3H3. The van der Waals surface area contributed by atoms with Crippen molar-refractivity contribution in [3.63, 3.8) is 0 Å². The number of nitriles is 1. The number of aromatic nitrogens is 3. The Balaban J connectivity index is 1.89. The minimum Gasteiger partial charge on any atom is -0.481 e. The topological polar surface area (TPSA) is 98.0 Å². The van der Waals surface area contributed by atoms with E-state index >= 15 is 0 Å². The van der Waals surface area contributed by atoms with Gasteiger partial charge in [0.15, 0.2) is 11.6 Å². The van der Waals surface area contributed by atoms with Crippen molar-refractivity contribution in [3.05, 3.63) is 41.2 Å². The van der Waals surface area contributed by atoms with Crippen molar-refractivity contribution in [2.24, 2.45) is 11.8 Å². The lowest BCUT2D eigenvalue weighted by Gasteiger charge is -2.37. The molecule has 0 saturated heterocycles. The predicted octanol–water partition coefficient (Wildman–Crippen LogP) is 2.87. The first-order chi connectivity index (χ1) is 13.6. The number of hydrogen-bond acceptors (Lipinski definition) is 7. The molecule has 2 aliphatic rings. The van der Waals surface area contributed by atoms with Crippen LogP contribution in [0.5, 0.6) is 11.8 Å². The smallest absolute Gasteiger partial charge is 0.220 e. The molecule has 2 aromatic rings. The van der Waals surface area contributed by atoms with Crippen LogP contribution in [0.15, 0.2) is 30.0 Å². The van der Waals surface area contributed by atoms with Gasteiger partial charge >= 0.3 is 0 Å². The van der Waals surface area contributed by atoms with E-state index in [2.05, 4.69) is 16.0 Å². The molecular weight excluding hydrogens is 356 g/mol. The van der Waals surface area contributed by atoms with E-state index in [1.165, 1.54) is 0 Å². The number of Topliss-reactive ketones (excluding diaryl/α,β-unsaturated/α-hetero) is 1. The van der Waals surface area contributed by atoms with E-state index in [9.17, 15) is 10.1 Å². The van der Waals surface area contributed by atoms with E-state index in [-0.39, 0.29) is 29.1 Å². The molecule has 7 heteroatoms. The normalized spacial score (nSPS) is 23.1. The van der Waals surface area contributed by atoms with E-state index in [0.717, 1.165) is 29.7 Å². The molecule has 28 heavy (non-hydrogen) atoms. The molecule has 0 amide bonds. The molecular formula is C21H20N4O3. The predicted molar refractivity (Wildman–Crippen MR) is 101 cm³/mol. The third-order valence-electron chi connectivity index (χ3n) is 5.69. The summed E-state index contributed by atoms with van der Waals surface area (Å²) >= 11 is 0. The Morgan fingerprint density at radius 3 is 2.79 bits per heavy atom. The van der Waals surface area contributed by atoms with Gasteiger partial charge in [-0.25, -0.2) is 9.97 Å². The van der Waals surface area contributed by atoms with Crippen LogP contribution in [0.4, 0.5) is 0 Å². The second-order valence-electron chi connectivity index (χ2n) is 7.08. The van der Waals surface area contributed by atoms with Gasteiger partial charge in [-0.3, -0.25) is 4.79 Å². The van der Waals surface area contributed by atoms with Crippen molar-refractivity contribution in [2.75, 3.05) is 14.2 Å². The average molecular weight is 376 g/mol. The number of pyridine rings is 1. The van der Waals surface area contributed by atoms with Crippen molar-refractivity contribution >= 4 is 5.78 Å². The van der Waals surface area contributed by atoms with E-state index in [0.29, 0.717) is 17.6 Å². The first-order valence-electron chi connectivity index (χ1n) is 9.18. The van der Waals surface area contributed by atoms with Crippen LogP contribution in [0.1, 0.15) is 30.5 Å². The minimum atomic E-state index is -0.205. The van der Waals surface area contributed by atoms with E-state index in [4.69, 9.17) is 14.5 Å². The van der Waals surface area contributed by atoms with Gasteiger partial charge in [-0.05, 0) is 24.8 Å². The fourth-order valence-electron chi connectivity index (χ4n) is 4.20. The molecule has 0 aliphatic heterocycles. The lowest BCUT2D eigenvalue weighted by molar-refractivity contribution is -0.120. The van der Waals surface area contributed by atoms with Crippen LogP contribution in [-0.4, -0.2) is 35.0 Å². The van der Waals surface area contributed by atoms with Crippen LogP contribution < -0.4 is 9.47 Å². The van der Waals surface area contributed by atoms with E-state index in [1.54, 1.807) is 32.6 Å². The number of rotatable bonds is 3. The maximum atomic E-state index is 12.4. The summed E-state index contributed by atoms with van der Waals surface area (Å²) in [5.41, 5.74) is 2.76. The second-order valence-corrected chi connectivity index (χ2v) is 7.08. The Labute approximate surface area is 163 Å². The highest BCUT2D eigenvalue weighted by Crippen LogP contribution is 2.46. The minimum absolute atomic E-state index is 0.0766. The maximum absolute atomic E-state index is 12.4. The summed E-state index contributed by atoms with van der Waals surface area (Å²) in [7, 11) is 3.15. The first kappa shape index (κ1) is 18.1. The zero-order chi connectivity index (χ0) is 19.8. The molecule has 0 radical (unpaired) electrons. The fraction of sp³-hybridized carbons (Fsp3) is 0.381. The summed E-state index contributed by atoms with van der Waals surface area (Å²) in [5.74, 6) is 1.25. The molecule has 2 aromatic heterocycles. The highest BCUT2D eigenvalue weighted by atomic mass is 16.5. The Morgan fingerprint density at radius 1 is 1.25 bits per heavy atom. The summed E-state index contributed by atoms with van der Waals surface area (Å²) < 4.78 is 10.8. The molecule has 0 spiro atoms. The summed E-state index contributed by atoms with van der Waals surface area (Å²) in [6.07, 6.45) is 4.99. The van der Waals surface area contributed by atoms with Crippen LogP contribution in [-0.2, 0) is 11.2 Å². The lowest BCUT2D eigenvalue weighted by Crippen LogP contribution is -2.35. The number of carbonyl (C=O) groups excluding carboxylic acids is 1. The molecule has 0 bridgehead atoms. The molecule has 0 fully saturated rings. The molecule has 2 heterocycles. The van der Waals surface area contributed by atoms with E-state index in [1.807, 2.05) is 13.0 Å². The lowest BCUT2D eigenvalue weighted by atomic mass is 9.66. The van der Waals surface area contributed by atoms with Crippen LogP contribution in [0.2, 0.25) is 0 Å². The highest BCUT2D eigenvalue weighted by Gasteiger charge is 2.42. The Hall–Kier alpha value is -3.27. The first-order valence-corrected chi connectivity index (χ1v) is 9.18. The van der Waals surface area contributed by atoms with Crippen LogP contribution >= 0.6 is 0 Å². The van der Waals surface area contributed by atoms with Gasteiger partial charge in [-0.15, -0.1) is 0 Å². The zero-order valence-electron chi connectivity index (χ0n) is 16.0. The number of nitrogens with zero attached hydrogens (tertiary/aromatic N) is 4. The Morgan fingerprint density at radius 2 is 2.07 bits per heavy atom. The van der Waals surface area contributed by atoms with Gasteiger partial charge in [-0.2, -0.15) is 10.2 Å². The molecule has 2 aliphatic carbocycles. The zero-order valence-corrected chi connectivity index (χ0v) is 16.0. The number of ketones is 1. The van der Waals surface area contributed by atoms with Gasteiger partial charge in [0.05, 0.1) is 25.5 Å². The fourth-order valence-corrected chi connectivity index (χ4v) is 4.20. The number of ether oxygens (including phenoxy) is 2. The third kappa shape index (κ3) is 2.82. The molecule has 0 N–H and O–H groups in total. The van der Waals surface area contributed by atoms with Crippen molar-refractivity contribution in [1.29, 1.82) is 5.26 Å².